The van der Waals surface area contributed by atoms with Crippen LogP contribution in [0.1, 0.15) is 13.8 Å². The minimum Gasteiger partial charge on any atom is -0.494 e. The second-order valence-electron chi connectivity index (χ2n) is 5.66. The number of rotatable bonds is 8. The lowest BCUT2D eigenvalue weighted by Crippen LogP contribution is -2.32. The highest BCUT2D eigenvalue weighted by Gasteiger charge is 2.05. The maximum atomic E-state index is 5.90. The molecule has 134 valence electrons. The zero-order valence-electron chi connectivity index (χ0n) is 14.4. The maximum Gasteiger partial charge on any atom is 0.170 e. The Bertz CT molecular complexity index is 662. The molecule has 0 spiro atoms. The molecule has 0 saturated heterocycles. The van der Waals surface area contributed by atoms with Gasteiger partial charge in [0.15, 0.2) is 5.11 Å². The smallest absolute Gasteiger partial charge is 0.170 e. The van der Waals surface area contributed by atoms with Gasteiger partial charge in [-0.15, -0.1) is 11.8 Å². The van der Waals surface area contributed by atoms with Crippen LogP contribution in [0.2, 0.25) is 5.02 Å². The standard InChI is InChI=1S/C19H23ClN2OS2/c1-3-23-17-8-6-16(7-9-17)22-19(24)21-12-14(2)13-25-18-10-4-15(20)5-11-18/h4-11,14H,3,12-13H2,1-2H3,(H2,21,22,24)/t14-/m0/s1. The third-order valence-electron chi connectivity index (χ3n) is 3.38. The van der Waals surface area contributed by atoms with Crippen molar-refractivity contribution >= 4 is 46.4 Å². The van der Waals surface area contributed by atoms with Crippen molar-refractivity contribution in [3.63, 3.8) is 0 Å². The van der Waals surface area contributed by atoms with Gasteiger partial charge in [0.05, 0.1) is 6.61 Å². The number of nitrogens with one attached hydrogen (secondary N) is 2. The minimum absolute atomic E-state index is 0.487. The first kappa shape index (κ1) is 19.9. The van der Waals surface area contributed by atoms with Crippen molar-refractivity contribution in [1.82, 2.24) is 5.32 Å². The highest BCUT2D eigenvalue weighted by Crippen LogP contribution is 2.22. The molecule has 0 aliphatic rings. The Morgan fingerprint density at radius 1 is 1.16 bits per heavy atom. The predicted molar refractivity (Wildman–Crippen MR) is 113 cm³/mol. The third kappa shape index (κ3) is 7.55. The van der Waals surface area contributed by atoms with E-state index in [-0.39, 0.29) is 0 Å². The van der Waals surface area contributed by atoms with Crippen molar-refractivity contribution in [2.24, 2.45) is 5.92 Å². The Morgan fingerprint density at radius 2 is 1.84 bits per heavy atom. The topological polar surface area (TPSA) is 33.3 Å². The average Bonchev–Trinajstić information content (AvgIpc) is 2.61. The number of hydrogen-bond acceptors (Lipinski definition) is 3. The summed E-state index contributed by atoms with van der Waals surface area (Å²) in [6.07, 6.45) is 0. The zero-order chi connectivity index (χ0) is 18.1. The van der Waals surface area contributed by atoms with Crippen LogP contribution < -0.4 is 15.4 Å². The summed E-state index contributed by atoms with van der Waals surface area (Å²) in [5.74, 6) is 2.36. The van der Waals surface area contributed by atoms with E-state index >= 15 is 0 Å². The van der Waals surface area contributed by atoms with Gasteiger partial charge in [-0.2, -0.15) is 0 Å². The van der Waals surface area contributed by atoms with E-state index in [0.29, 0.717) is 17.6 Å². The van der Waals surface area contributed by atoms with Gasteiger partial charge in [-0.3, -0.25) is 0 Å². The molecule has 0 amide bonds. The molecule has 2 N–H and O–H groups in total. The molecule has 0 radical (unpaired) electrons. The van der Waals surface area contributed by atoms with Crippen LogP contribution in [0.25, 0.3) is 0 Å². The maximum absolute atomic E-state index is 5.90. The van der Waals surface area contributed by atoms with Crippen molar-refractivity contribution in [1.29, 1.82) is 0 Å². The van der Waals surface area contributed by atoms with Crippen LogP contribution >= 0.6 is 35.6 Å². The van der Waals surface area contributed by atoms with Crippen LogP contribution in [0.3, 0.4) is 0 Å². The van der Waals surface area contributed by atoms with Gasteiger partial charge < -0.3 is 15.4 Å². The summed E-state index contributed by atoms with van der Waals surface area (Å²) in [6.45, 7) is 5.66. The summed E-state index contributed by atoms with van der Waals surface area (Å²) >= 11 is 13.1. The summed E-state index contributed by atoms with van der Waals surface area (Å²) < 4.78 is 5.43. The first-order chi connectivity index (χ1) is 12.1. The quantitative estimate of drug-likeness (QED) is 0.459. The fraction of sp³-hybridized carbons (Fsp3) is 0.316. The molecule has 3 nitrogen and oxygen atoms in total. The van der Waals surface area contributed by atoms with E-state index in [2.05, 4.69) is 17.6 Å². The molecular formula is C19H23ClN2OS2. The molecule has 0 aromatic heterocycles. The largest absolute Gasteiger partial charge is 0.494 e. The van der Waals surface area contributed by atoms with Crippen molar-refractivity contribution in [2.75, 3.05) is 24.2 Å². The first-order valence-electron chi connectivity index (χ1n) is 8.23. The molecule has 0 aliphatic heterocycles. The summed E-state index contributed by atoms with van der Waals surface area (Å²) in [5, 5.41) is 7.86. The van der Waals surface area contributed by atoms with E-state index < -0.39 is 0 Å². The lowest BCUT2D eigenvalue weighted by molar-refractivity contribution is 0.340. The number of thiocarbonyl (C=S) groups is 1. The second kappa shape index (κ2) is 10.5. The Morgan fingerprint density at radius 3 is 2.48 bits per heavy atom. The molecule has 2 aromatic rings. The van der Waals surface area contributed by atoms with Crippen molar-refractivity contribution in [3.05, 3.63) is 53.6 Å². The second-order valence-corrected chi connectivity index (χ2v) is 7.60. The first-order valence-corrected chi connectivity index (χ1v) is 10.00. The number of thioether (sulfide) groups is 1. The van der Waals surface area contributed by atoms with E-state index in [1.165, 1.54) is 4.90 Å². The predicted octanol–water partition coefficient (Wildman–Crippen LogP) is 5.45. The molecule has 1 atom stereocenters. The molecule has 2 aromatic carbocycles. The van der Waals surface area contributed by atoms with E-state index in [4.69, 9.17) is 28.6 Å². The van der Waals surface area contributed by atoms with Crippen LogP contribution in [-0.4, -0.2) is 24.0 Å². The molecular weight excluding hydrogens is 372 g/mol. The monoisotopic (exact) mass is 394 g/mol. The summed E-state index contributed by atoms with van der Waals surface area (Å²) in [4.78, 5) is 1.23. The van der Waals surface area contributed by atoms with Gasteiger partial charge in [0.2, 0.25) is 0 Å². The summed E-state index contributed by atoms with van der Waals surface area (Å²) in [5.41, 5.74) is 0.948. The SMILES string of the molecule is CCOc1ccc(NC(=S)NC[C@H](C)CSc2ccc(Cl)cc2)cc1. The molecule has 0 heterocycles. The molecule has 0 saturated carbocycles. The number of hydrogen-bond donors (Lipinski definition) is 2. The van der Waals surface area contributed by atoms with Crippen LogP contribution in [0.15, 0.2) is 53.4 Å². The van der Waals surface area contributed by atoms with Crippen molar-refractivity contribution in [2.45, 2.75) is 18.7 Å². The number of benzene rings is 2. The lowest BCUT2D eigenvalue weighted by Gasteiger charge is -2.15. The number of halogens is 1. The Hall–Kier alpha value is -1.43. The van der Waals surface area contributed by atoms with Gasteiger partial charge in [0, 0.05) is 27.9 Å². The number of anilines is 1. The molecule has 0 aliphatic carbocycles. The van der Waals surface area contributed by atoms with Crippen LogP contribution in [0, 0.1) is 5.92 Å². The average molecular weight is 395 g/mol. The van der Waals surface area contributed by atoms with Gasteiger partial charge in [-0.05, 0) is 73.6 Å². The number of ether oxygens (including phenoxy) is 1. The molecule has 2 rings (SSSR count). The van der Waals surface area contributed by atoms with Gasteiger partial charge in [0.25, 0.3) is 0 Å². The van der Waals surface area contributed by atoms with Gasteiger partial charge >= 0.3 is 0 Å². The van der Waals surface area contributed by atoms with E-state index in [9.17, 15) is 0 Å². The highest BCUT2D eigenvalue weighted by atomic mass is 35.5. The summed E-state index contributed by atoms with van der Waals surface area (Å²) in [6, 6.07) is 15.7. The zero-order valence-corrected chi connectivity index (χ0v) is 16.8. The normalized spacial score (nSPS) is 11.6. The molecule has 0 unspecified atom stereocenters. The summed E-state index contributed by atoms with van der Waals surface area (Å²) in [7, 11) is 0. The third-order valence-corrected chi connectivity index (χ3v) is 5.22. The Labute approximate surface area is 164 Å². The van der Waals surface area contributed by atoms with Gasteiger partial charge in [0.1, 0.15) is 5.75 Å². The van der Waals surface area contributed by atoms with Crippen LogP contribution in [0.5, 0.6) is 5.75 Å². The fourth-order valence-corrected chi connectivity index (χ4v) is 3.32. The van der Waals surface area contributed by atoms with Crippen LogP contribution in [0.4, 0.5) is 5.69 Å². The molecule has 6 heteroatoms. The van der Waals surface area contributed by atoms with Crippen molar-refractivity contribution in [3.8, 4) is 5.75 Å². The highest BCUT2D eigenvalue weighted by molar-refractivity contribution is 7.99. The van der Waals surface area contributed by atoms with E-state index in [1.807, 2.05) is 67.2 Å². The molecule has 25 heavy (non-hydrogen) atoms. The van der Waals surface area contributed by atoms with Crippen LogP contribution in [-0.2, 0) is 0 Å². The van der Waals surface area contributed by atoms with Gasteiger partial charge in [-0.25, -0.2) is 0 Å². The minimum atomic E-state index is 0.487. The lowest BCUT2D eigenvalue weighted by atomic mass is 10.2. The van der Waals surface area contributed by atoms with Gasteiger partial charge in [-0.1, -0.05) is 18.5 Å². The molecule has 0 fully saturated rings. The Balaban J connectivity index is 1.68. The van der Waals surface area contributed by atoms with E-state index in [0.717, 1.165) is 28.8 Å². The fourth-order valence-electron chi connectivity index (χ4n) is 2.07. The Kier molecular flexibility index (Phi) is 8.38. The molecule has 0 bridgehead atoms. The van der Waals surface area contributed by atoms with Crippen molar-refractivity contribution < 1.29 is 4.74 Å². The van der Waals surface area contributed by atoms with E-state index in [1.54, 1.807) is 0 Å².